The molecule has 4 aromatic rings. The predicted octanol–water partition coefficient (Wildman–Crippen LogP) is 6.28. The Kier molecular flexibility index (Phi) is 4.42. The lowest BCUT2D eigenvalue weighted by atomic mass is 10.1. The molecule has 2 nitrogen and oxygen atoms in total. The third kappa shape index (κ3) is 2.96. The summed E-state index contributed by atoms with van der Waals surface area (Å²) in [6, 6.07) is 29.6. The highest BCUT2D eigenvalue weighted by Gasteiger charge is 2.19. The minimum atomic E-state index is 0.648. The molecule has 0 N–H and O–H groups in total. The van der Waals surface area contributed by atoms with Crippen molar-refractivity contribution in [2.45, 2.75) is 0 Å². The molecule has 0 aliphatic heterocycles. The molecule has 0 saturated carbocycles. The van der Waals surface area contributed by atoms with Crippen molar-refractivity contribution in [3.05, 3.63) is 102 Å². The van der Waals surface area contributed by atoms with Crippen LogP contribution in [0.15, 0.2) is 91.0 Å². The largest absolute Gasteiger partial charge is 0.308 e. The quantitative estimate of drug-likeness (QED) is 0.394. The van der Waals surface area contributed by atoms with E-state index in [-0.39, 0.29) is 0 Å². The number of hydrogen-bond acceptors (Lipinski definition) is 1. The number of aldehydes is 1. The third-order valence-electron chi connectivity index (χ3n) is 4.34. The van der Waals surface area contributed by atoms with E-state index in [0.29, 0.717) is 10.6 Å². The van der Waals surface area contributed by atoms with Crippen molar-refractivity contribution in [3.8, 4) is 28.2 Å². The lowest BCUT2D eigenvalue weighted by Gasteiger charge is -2.15. The summed E-state index contributed by atoms with van der Waals surface area (Å²) in [5.41, 5.74) is 5.41. The van der Waals surface area contributed by atoms with Crippen LogP contribution in [-0.2, 0) is 0 Å². The van der Waals surface area contributed by atoms with Crippen molar-refractivity contribution in [3.63, 3.8) is 0 Å². The predicted molar refractivity (Wildman–Crippen MR) is 107 cm³/mol. The first-order valence-electron chi connectivity index (χ1n) is 8.35. The Balaban J connectivity index is 2.08. The lowest BCUT2D eigenvalue weighted by molar-refractivity contribution is 0.112. The van der Waals surface area contributed by atoms with E-state index < -0.39 is 0 Å². The highest BCUT2D eigenvalue weighted by Crippen LogP contribution is 2.35. The Morgan fingerprint density at radius 3 is 2.00 bits per heavy atom. The zero-order chi connectivity index (χ0) is 17.9. The molecule has 0 fully saturated rings. The SMILES string of the molecule is O=Cc1cc(-c2ccccc2)n(-c2cccc(Cl)c2)c1-c1ccccc1. The van der Waals surface area contributed by atoms with Crippen molar-refractivity contribution in [1.82, 2.24) is 4.57 Å². The first-order valence-corrected chi connectivity index (χ1v) is 8.73. The summed E-state index contributed by atoms with van der Waals surface area (Å²) < 4.78 is 2.10. The second-order valence-corrected chi connectivity index (χ2v) is 6.44. The number of hydrogen-bond donors (Lipinski definition) is 0. The molecule has 3 heteroatoms. The number of nitrogens with zero attached hydrogens (tertiary/aromatic N) is 1. The van der Waals surface area contributed by atoms with E-state index in [1.165, 1.54) is 0 Å². The van der Waals surface area contributed by atoms with E-state index in [9.17, 15) is 4.79 Å². The molecule has 0 aliphatic carbocycles. The minimum Gasteiger partial charge on any atom is -0.308 e. The van der Waals surface area contributed by atoms with Gasteiger partial charge >= 0.3 is 0 Å². The van der Waals surface area contributed by atoms with Crippen LogP contribution in [0.4, 0.5) is 0 Å². The van der Waals surface area contributed by atoms with E-state index in [2.05, 4.69) is 4.57 Å². The van der Waals surface area contributed by atoms with Crippen LogP contribution in [-0.4, -0.2) is 10.9 Å². The molecule has 1 heterocycles. The van der Waals surface area contributed by atoms with Crippen molar-refractivity contribution in [2.24, 2.45) is 0 Å². The topological polar surface area (TPSA) is 22.0 Å². The van der Waals surface area contributed by atoms with Crippen LogP contribution < -0.4 is 0 Å². The van der Waals surface area contributed by atoms with E-state index >= 15 is 0 Å². The molecule has 0 bridgehead atoms. The van der Waals surface area contributed by atoms with Gasteiger partial charge in [-0.25, -0.2) is 0 Å². The summed E-state index contributed by atoms with van der Waals surface area (Å²) in [5, 5.41) is 0.655. The van der Waals surface area contributed by atoms with E-state index in [1.54, 1.807) is 0 Å². The van der Waals surface area contributed by atoms with Gasteiger partial charge in [0.25, 0.3) is 0 Å². The number of carbonyl (C=O) groups excluding carboxylic acids is 1. The first-order chi connectivity index (χ1) is 12.8. The molecule has 0 radical (unpaired) electrons. The number of carbonyl (C=O) groups is 1. The lowest BCUT2D eigenvalue weighted by Crippen LogP contribution is -2.00. The smallest absolute Gasteiger partial charge is 0.152 e. The molecule has 0 spiro atoms. The maximum Gasteiger partial charge on any atom is 0.152 e. The molecule has 0 saturated heterocycles. The standard InChI is InChI=1S/C23H16ClNO/c24-20-12-7-13-21(15-20)25-22(17-8-3-1-4-9-17)14-19(16-26)23(25)18-10-5-2-6-11-18/h1-16H. The van der Waals surface area contributed by atoms with Gasteiger partial charge in [-0.1, -0.05) is 78.3 Å². The monoisotopic (exact) mass is 357 g/mol. The van der Waals surface area contributed by atoms with Gasteiger partial charge in [0.1, 0.15) is 0 Å². The second kappa shape index (κ2) is 7.03. The fourth-order valence-corrected chi connectivity index (χ4v) is 3.40. The average molecular weight is 358 g/mol. The highest BCUT2D eigenvalue weighted by atomic mass is 35.5. The van der Waals surface area contributed by atoms with Crippen molar-refractivity contribution in [2.75, 3.05) is 0 Å². The van der Waals surface area contributed by atoms with Gasteiger partial charge in [-0.2, -0.15) is 0 Å². The summed E-state index contributed by atoms with van der Waals surface area (Å²) in [5.74, 6) is 0. The van der Waals surface area contributed by atoms with Gasteiger partial charge in [-0.15, -0.1) is 0 Å². The molecule has 4 rings (SSSR count). The summed E-state index contributed by atoms with van der Waals surface area (Å²) in [7, 11) is 0. The average Bonchev–Trinajstić information content (AvgIpc) is 3.09. The Hall–Kier alpha value is -3.10. The van der Waals surface area contributed by atoms with Crippen LogP contribution in [0.1, 0.15) is 10.4 Å². The maximum absolute atomic E-state index is 11.9. The molecule has 26 heavy (non-hydrogen) atoms. The Bertz CT molecular complexity index is 1050. The van der Waals surface area contributed by atoms with Crippen molar-refractivity contribution < 1.29 is 4.79 Å². The number of benzene rings is 3. The number of rotatable bonds is 4. The number of aromatic nitrogens is 1. The molecular weight excluding hydrogens is 342 g/mol. The molecule has 126 valence electrons. The first kappa shape index (κ1) is 16.4. The summed E-state index contributed by atoms with van der Waals surface area (Å²) >= 11 is 6.25. The fraction of sp³-hybridized carbons (Fsp3) is 0. The molecule has 1 aromatic heterocycles. The van der Waals surface area contributed by atoms with Gasteiger partial charge in [-0.05, 0) is 35.4 Å². The highest BCUT2D eigenvalue weighted by molar-refractivity contribution is 6.30. The van der Waals surface area contributed by atoms with Crippen molar-refractivity contribution >= 4 is 17.9 Å². The zero-order valence-electron chi connectivity index (χ0n) is 14.0. The molecule has 0 atom stereocenters. The van der Waals surface area contributed by atoms with Crippen LogP contribution in [0.25, 0.3) is 28.2 Å². The van der Waals surface area contributed by atoms with Gasteiger partial charge < -0.3 is 4.57 Å². The van der Waals surface area contributed by atoms with E-state index in [1.807, 2.05) is 91.0 Å². The van der Waals surface area contributed by atoms with Crippen LogP contribution >= 0.6 is 11.6 Å². The molecule has 0 unspecified atom stereocenters. The normalized spacial score (nSPS) is 10.7. The van der Waals surface area contributed by atoms with E-state index in [0.717, 1.165) is 34.5 Å². The maximum atomic E-state index is 11.9. The van der Waals surface area contributed by atoms with Crippen LogP contribution in [0.2, 0.25) is 5.02 Å². The van der Waals surface area contributed by atoms with Crippen LogP contribution in [0.3, 0.4) is 0 Å². The van der Waals surface area contributed by atoms with E-state index in [4.69, 9.17) is 11.6 Å². The molecule has 0 aliphatic rings. The summed E-state index contributed by atoms with van der Waals surface area (Å²) in [6.07, 6.45) is 0.913. The van der Waals surface area contributed by atoms with Crippen LogP contribution in [0, 0.1) is 0 Å². The van der Waals surface area contributed by atoms with Crippen LogP contribution in [0.5, 0.6) is 0 Å². The third-order valence-corrected chi connectivity index (χ3v) is 4.58. The molecular formula is C23H16ClNO. The zero-order valence-corrected chi connectivity index (χ0v) is 14.7. The summed E-state index contributed by atoms with van der Waals surface area (Å²) in [4.78, 5) is 11.9. The second-order valence-electron chi connectivity index (χ2n) is 6.00. The van der Waals surface area contributed by atoms with Gasteiger partial charge in [-0.3, -0.25) is 4.79 Å². The van der Waals surface area contributed by atoms with Gasteiger partial charge in [0, 0.05) is 16.3 Å². The molecule has 3 aromatic carbocycles. The Morgan fingerprint density at radius 1 is 0.731 bits per heavy atom. The van der Waals surface area contributed by atoms with Gasteiger partial charge in [0.05, 0.1) is 11.4 Å². The minimum absolute atomic E-state index is 0.648. The summed E-state index contributed by atoms with van der Waals surface area (Å²) in [6.45, 7) is 0. The molecule has 0 amide bonds. The number of halogens is 1. The van der Waals surface area contributed by atoms with Crippen molar-refractivity contribution in [1.29, 1.82) is 0 Å². The van der Waals surface area contributed by atoms with Gasteiger partial charge in [0.15, 0.2) is 6.29 Å². The Morgan fingerprint density at radius 2 is 1.38 bits per heavy atom. The Labute approximate surface area is 157 Å². The fourth-order valence-electron chi connectivity index (χ4n) is 3.22. The van der Waals surface area contributed by atoms with Gasteiger partial charge in [0.2, 0.25) is 0 Å².